The van der Waals surface area contributed by atoms with Gasteiger partial charge in [-0.3, -0.25) is 4.79 Å². The molecule has 0 unspecified atom stereocenters. The van der Waals surface area contributed by atoms with Gasteiger partial charge in [-0.05, 0) is 57.0 Å². The highest BCUT2D eigenvalue weighted by Gasteiger charge is 2.35. The molecule has 0 spiro atoms. The van der Waals surface area contributed by atoms with E-state index in [4.69, 9.17) is 4.98 Å². The fourth-order valence-corrected chi connectivity index (χ4v) is 4.04. The topological polar surface area (TPSA) is 38.1 Å². The Hall–Kier alpha value is -2.62. The number of carbonyl (C=O) groups is 1. The number of imidazole rings is 1. The molecule has 0 saturated carbocycles. The van der Waals surface area contributed by atoms with Crippen LogP contribution in [0.15, 0.2) is 42.5 Å². The van der Waals surface area contributed by atoms with Crippen molar-refractivity contribution in [2.45, 2.75) is 46.1 Å². The summed E-state index contributed by atoms with van der Waals surface area (Å²) in [5.41, 5.74) is 5.58. The minimum Gasteiger partial charge on any atom is -0.325 e. The number of rotatable bonds is 3. The Labute approximate surface area is 154 Å². The van der Waals surface area contributed by atoms with Gasteiger partial charge in [-0.2, -0.15) is 0 Å². The van der Waals surface area contributed by atoms with Crippen LogP contribution in [0.3, 0.4) is 0 Å². The number of fused-ring (bicyclic) bond motifs is 1. The van der Waals surface area contributed by atoms with Crippen molar-refractivity contribution in [3.63, 3.8) is 0 Å². The van der Waals surface area contributed by atoms with Gasteiger partial charge in [0.1, 0.15) is 5.82 Å². The van der Waals surface area contributed by atoms with E-state index < -0.39 is 0 Å². The van der Waals surface area contributed by atoms with E-state index in [0.29, 0.717) is 19.0 Å². The summed E-state index contributed by atoms with van der Waals surface area (Å²) in [5.74, 6) is 1.34. The van der Waals surface area contributed by atoms with Crippen LogP contribution in [0.25, 0.3) is 11.0 Å². The first-order valence-corrected chi connectivity index (χ1v) is 9.30. The summed E-state index contributed by atoms with van der Waals surface area (Å²) in [6.45, 7) is 9.23. The van der Waals surface area contributed by atoms with Crippen LogP contribution in [0.1, 0.15) is 49.2 Å². The van der Waals surface area contributed by atoms with E-state index in [2.05, 4.69) is 56.5 Å². The maximum atomic E-state index is 12.8. The van der Waals surface area contributed by atoms with E-state index in [9.17, 15) is 4.79 Å². The highest BCUT2D eigenvalue weighted by Crippen LogP contribution is 2.36. The normalized spacial score (nSPS) is 17.7. The van der Waals surface area contributed by atoms with Crippen molar-refractivity contribution in [3.8, 4) is 0 Å². The Morgan fingerprint density at radius 3 is 2.62 bits per heavy atom. The van der Waals surface area contributed by atoms with Gasteiger partial charge in [-0.25, -0.2) is 4.98 Å². The van der Waals surface area contributed by atoms with Crippen LogP contribution in [0.2, 0.25) is 0 Å². The van der Waals surface area contributed by atoms with E-state index >= 15 is 0 Å². The summed E-state index contributed by atoms with van der Waals surface area (Å²) in [6.07, 6.45) is 0.517. The zero-order valence-corrected chi connectivity index (χ0v) is 15.9. The van der Waals surface area contributed by atoms with Gasteiger partial charge in [0.2, 0.25) is 5.91 Å². The van der Waals surface area contributed by atoms with Crippen LogP contribution >= 0.6 is 0 Å². The monoisotopic (exact) mass is 347 g/mol. The predicted octanol–water partition coefficient (Wildman–Crippen LogP) is 4.75. The SMILES string of the molecule is Cc1cccc(N2C[C@@H](c3nc4ccccc4n3C(C)C)CC2=O)c1C. The minimum absolute atomic E-state index is 0.122. The molecule has 4 heteroatoms. The third-order valence-electron chi connectivity index (χ3n) is 5.50. The third-order valence-corrected chi connectivity index (χ3v) is 5.50. The maximum absolute atomic E-state index is 12.8. The lowest BCUT2D eigenvalue weighted by Gasteiger charge is -2.21. The summed E-state index contributed by atoms with van der Waals surface area (Å²) < 4.78 is 2.29. The van der Waals surface area contributed by atoms with Gasteiger partial charge in [-0.1, -0.05) is 24.3 Å². The molecule has 1 aromatic heterocycles. The lowest BCUT2D eigenvalue weighted by Crippen LogP contribution is -2.25. The average molecular weight is 347 g/mol. The maximum Gasteiger partial charge on any atom is 0.227 e. The molecule has 0 radical (unpaired) electrons. The molecule has 2 heterocycles. The minimum atomic E-state index is 0.122. The van der Waals surface area contributed by atoms with Crippen LogP contribution in [-0.2, 0) is 4.79 Å². The molecular formula is C22H25N3O. The molecule has 1 atom stereocenters. The van der Waals surface area contributed by atoms with Gasteiger partial charge in [0, 0.05) is 30.6 Å². The van der Waals surface area contributed by atoms with Crippen molar-refractivity contribution < 1.29 is 4.79 Å². The van der Waals surface area contributed by atoms with Gasteiger partial charge >= 0.3 is 0 Å². The second kappa shape index (κ2) is 6.27. The van der Waals surface area contributed by atoms with Crippen molar-refractivity contribution in [1.29, 1.82) is 0 Å². The molecule has 1 aliphatic heterocycles. The summed E-state index contributed by atoms with van der Waals surface area (Å²) in [4.78, 5) is 19.7. The summed E-state index contributed by atoms with van der Waals surface area (Å²) >= 11 is 0. The number of hydrogen-bond donors (Lipinski definition) is 0. The first-order valence-electron chi connectivity index (χ1n) is 9.30. The van der Waals surface area contributed by atoms with Crippen LogP contribution in [0.4, 0.5) is 5.69 Å². The van der Waals surface area contributed by atoms with Gasteiger partial charge in [0.15, 0.2) is 0 Å². The first kappa shape index (κ1) is 16.8. The van der Waals surface area contributed by atoms with Gasteiger partial charge in [-0.15, -0.1) is 0 Å². The average Bonchev–Trinajstić information content (AvgIpc) is 3.18. The Bertz CT molecular complexity index is 986. The number of nitrogens with zero attached hydrogens (tertiary/aromatic N) is 3. The van der Waals surface area contributed by atoms with E-state index in [0.717, 1.165) is 22.5 Å². The Morgan fingerprint density at radius 2 is 1.85 bits per heavy atom. The second-order valence-electron chi connectivity index (χ2n) is 7.55. The lowest BCUT2D eigenvalue weighted by atomic mass is 10.1. The molecule has 2 aromatic carbocycles. The molecular weight excluding hydrogens is 322 g/mol. The molecule has 1 amide bonds. The molecule has 0 bridgehead atoms. The van der Waals surface area contributed by atoms with E-state index in [-0.39, 0.29) is 11.8 Å². The molecule has 3 aromatic rings. The van der Waals surface area contributed by atoms with Crippen LogP contribution in [0, 0.1) is 13.8 Å². The number of carbonyl (C=O) groups excluding carboxylic acids is 1. The fraction of sp³-hybridized carbons (Fsp3) is 0.364. The highest BCUT2D eigenvalue weighted by atomic mass is 16.2. The van der Waals surface area contributed by atoms with E-state index in [1.54, 1.807) is 0 Å². The van der Waals surface area contributed by atoms with Gasteiger partial charge in [0.05, 0.1) is 11.0 Å². The largest absolute Gasteiger partial charge is 0.325 e. The number of amides is 1. The smallest absolute Gasteiger partial charge is 0.227 e. The molecule has 1 fully saturated rings. The number of benzene rings is 2. The third kappa shape index (κ3) is 2.61. The summed E-state index contributed by atoms with van der Waals surface area (Å²) in [5, 5.41) is 0. The summed E-state index contributed by atoms with van der Waals surface area (Å²) in [6, 6.07) is 14.7. The number of hydrogen-bond acceptors (Lipinski definition) is 2. The first-order chi connectivity index (χ1) is 12.5. The number of aromatic nitrogens is 2. The zero-order chi connectivity index (χ0) is 18.4. The molecule has 0 aliphatic carbocycles. The number of anilines is 1. The Balaban J connectivity index is 1.75. The summed E-state index contributed by atoms with van der Waals surface area (Å²) in [7, 11) is 0. The van der Waals surface area contributed by atoms with E-state index in [1.165, 1.54) is 11.1 Å². The molecule has 4 rings (SSSR count). The van der Waals surface area contributed by atoms with Crippen molar-refractivity contribution >= 4 is 22.6 Å². The van der Waals surface area contributed by atoms with Gasteiger partial charge < -0.3 is 9.47 Å². The van der Waals surface area contributed by atoms with Crippen molar-refractivity contribution in [3.05, 3.63) is 59.4 Å². The fourth-order valence-electron chi connectivity index (χ4n) is 4.04. The van der Waals surface area contributed by atoms with E-state index in [1.807, 2.05) is 23.1 Å². The molecule has 134 valence electrons. The molecule has 0 N–H and O–H groups in total. The van der Waals surface area contributed by atoms with Crippen LogP contribution in [0.5, 0.6) is 0 Å². The van der Waals surface area contributed by atoms with Crippen molar-refractivity contribution in [1.82, 2.24) is 9.55 Å². The molecule has 4 nitrogen and oxygen atoms in total. The second-order valence-corrected chi connectivity index (χ2v) is 7.55. The highest BCUT2D eigenvalue weighted by molar-refractivity contribution is 5.97. The predicted molar refractivity (Wildman–Crippen MR) is 106 cm³/mol. The van der Waals surface area contributed by atoms with Crippen LogP contribution in [-0.4, -0.2) is 22.0 Å². The quantitative estimate of drug-likeness (QED) is 0.685. The zero-order valence-electron chi connectivity index (χ0n) is 15.9. The molecule has 26 heavy (non-hydrogen) atoms. The molecule has 1 aliphatic rings. The van der Waals surface area contributed by atoms with Gasteiger partial charge in [0.25, 0.3) is 0 Å². The Kier molecular flexibility index (Phi) is 4.06. The van der Waals surface area contributed by atoms with Crippen molar-refractivity contribution in [2.75, 3.05) is 11.4 Å². The standard InChI is InChI=1S/C22H25N3O/c1-14(2)25-20-10-6-5-9-18(20)23-22(25)17-12-21(26)24(13-17)19-11-7-8-15(3)16(19)4/h5-11,14,17H,12-13H2,1-4H3/t17-/m0/s1. The lowest BCUT2D eigenvalue weighted by molar-refractivity contribution is -0.117. The molecule has 1 saturated heterocycles. The van der Waals surface area contributed by atoms with Crippen LogP contribution < -0.4 is 4.90 Å². The Morgan fingerprint density at radius 1 is 1.08 bits per heavy atom. The number of para-hydroxylation sites is 2. The number of aryl methyl sites for hydroxylation is 1. The van der Waals surface area contributed by atoms with Crippen molar-refractivity contribution in [2.24, 2.45) is 0 Å².